The van der Waals surface area contributed by atoms with E-state index in [2.05, 4.69) is 15.7 Å². The summed E-state index contributed by atoms with van der Waals surface area (Å²) in [6, 6.07) is 2.19. The van der Waals surface area contributed by atoms with Crippen molar-refractivity contribution in [2.24, 2.45) is 0 Å². The summed E-state index contributed by atoms with van der Waals surface area (Å²) in [5, 5.41) is 8.97. The van der Waals surface area contributed by atoms with Crippen LogP contribution in [0.2, 0.25) is 0 Å². The Hall–Kier alpha value is -2.42. The van der Waals surface area contributed by atoms with Crippen LogP contribution in [0.25, 0.3) is 0 Å². The van der Waals surface area contributed by atoms with E-state index in [0.29, 0.717) is 5.56 Å². The average molecular weight is 541 g/mol. The number of Topliss-reactive ketones (excluding diaryl/α,β-unsaturated/α-hetero) is 1. The Balaban J connectivity index is 2.30. The van der Waals surface area contributed by atoms with E-state index in [9.17, 15) is 19.2 Å². The fourth-order valence-corrected chi connectivity index (χ4v) is 5.63. The first-order valence-electron chi connectivity index (χ1n) is 12.3. The Morgan fingerprint density at radius 2 is 1.95 bits per heavy atom. The minimum absolute atomic E-state index is 0.0476. The molecular formula is C24H37N4O8P. The molecule has 37 heavy (non-hydrogen) atoms. The van der Waals surface area contributed by atoms with E-state index in [1.807, 2.05) is 27.7 Å². The Labute approximate surface area is 217 Å². The third kappa shape index (κ3) is 9.13. The minimum atomic E-state index is -1.63. The largest absolute Gasteiger partial charge is 0.463 e. The first kappa shape index (κ1) is 30.8. The quantitative estimate of drug-likeness (QED) is 0.212. The van der Waals surface area contributed by atoms with Crippen LogP contribution in [0.4, 0.5) is 0 Å². The van der Waals surface area contributed by atoms with Crippen LogP contribution >= 0.6 is 8.53 Å². The number of esters is 1. The molecule has 0 radical (unpaired) electrons. The van der Waals surface area contributed by atoms with E-state index in [1.165, 1.54) is 17.7 Å². The van der Waals surface area contributed by atoms with Crippen LogP contribution in [0.3, 0.4) is 0 Å². The number of aromatic nitrogens is 2. The second-order valence-electron chi connectivity index (χ2n) is 9.42. The summed E-state index contributed by atoms with van der Waals surface area (Å²) < 4.78 is 27.2. The maximum absolute atomic E-state index is 12.5. The molecule has 2 rings (SSSR count). The number of aryl methyl sites for hydroxylation is 1. The molecule has 1 aliphatic rings. The predicted octanol–water partition coefficient (Wildman–Crippen LogP) is 2.71. The molecule has 1 aromatic heterocycles. The summed E-state index contributed by atoms with van der Waals surface area (Å²) in [4.78, 5) is 50.0. The molecule has 0 amide bonds. The summed E-state index contributed by atoms with van der Waals surface area (Å²) >= 11 is 0. The van der Waals surface area contributed by atoms with Gasteiger partial charge in [-0.3, -0.25) is 19.1 Å². The van der Waals surface area contributed by atoms with Gasteiger partial charge < -0.3 is 23.3 Å². The maximum atomic E-state index is 12.5. The summed E-state index contributed by atoms with van der Waals surface area (Å²) in [5.41, 5.74) is -0.772. The standard InChI is InChI=1S/C24H37N4O8P/c1-15(2)28(16(3)4)37(34-11-7-10-25)36-19-12-21(27-13-17(5)23(31)26-24(27)32)35-20(19)14-33-22(30)9-8-18(6)29/h13,15-16,19-21H,7-9,11-12,14H2,1-6H3,(H,26,31,32)/t19-,20+,21+,37?/m0/s1. The third-order valence-corrected chi connectivity index (χ3v) is 7.77. The van der Waals surface area contributed by atoms with Gasteiger partial charge in [0, 0.05) is 36.7 Å². The smallest absolute Gasteiger partial charge is 0.330 e. The highest BCUT2D eigenvalue weighted by molar-refractivity contribution is 7.44. The first-order chi connectivity index (χ1) is 17.4. The topological polar surface area (TPSA) is 153 Å². The number of ketones is 1. The molecule has 0 aromatic carbocycles. The van der Waals surface area contributed by atoms with E-state index in [-0.39, 0.29) is 56.8 Å². The van der Waals surface area contributed by atoms with E-state index >= 15 is 0 Å². The van der Waals surface area contributed by atoms with Gasteiger partial charge in [0.15, 0.2) is 0 Å². The van der Waals surface area contributed by atoms with Crippen molar-refractivity contribution in [2.45, 2.75) is 97.7 Å². The van der Waals surface area contributed by atoms with Crippen LogP contribution in [-0.2, 0) is 28.1 Å². The number of nitrogens with one attached hydrogen (secondary N) is 1. The molecule has 0 saturated carbocycles. The van der Waals surface area contributed by atoms with E-state index < -0.39 is 44.2 Å². The maximum Gasteiger partial charge on any atom is 0.330 e. The summed E-state index contributed by atoms with van der Waals surface area (Å²) in [7, 11) is -1.63. The van der Waals surface area contributed by atoms with Gasteiger partial charge in [-0.25, -0.2) is 9.46 Å². The highest BCUT2D eigenvalue weighted by Gasteiger charge is 2.42. The molecule has 1 unspecified atom stereocenters. The lowest BCUT2D eigenvalue weighted by atomic mass is 10.2. The molecule has 1 N–H and O–H groups in total. The number of hydrogen-bond acceptors (Lipinski definition) is 10. The van der Waals surface area contributed by atoms with Crippen LogP contribution < -0.4 is 11.2 Å². The zero-order valence-corrected chi connectivity index (χ0v) is 23.2. The van der Waals surface area contributed by atoms with Crippen LogP contribution in [0.1, 0.15) is 72.1 Å². The number of H-pyrrole nitrogens is 1. The molecule has 1 saturated heterocycles. The van der Waals surface area contributed by atoms with Gasteiger partial charge in [0.05, 0.1) is 31.6 Å². The Morgan fingerprint density at radius 3 is 2.54 bits per heavy atom. The Bertz CT molecular complexity index is 1070. The number of aromatic amines is 1. The molecule has 206 valence electrons. The number of nitriles is 1. The summed E-state index contributed by atoms with van der Waals surface area (Å²) in [6.07, 6.45) is -0.274. The molecule has 0 aliphatic carbocycles. The molecule has 4 atom stereocenters. The van der Waals surface area contributed by atoms with E-state index in [1.54, 1.807) is 6.92 Å². The van der Waals surface area contributed by atoms with Crippen LogP contribution in [0.5, 0.6) is 0 Å². The molecule has 1 aliphatic heterocycles. The fraction of sp³-hybridized carbons (Fsp3) is 0.708. The van der Waals surface area contributed by atoms with Gasteiger partial charge >= 0.3 is 11.7 Å². The molecule has 0 bridgehead atoms. The minimum Gasteiger partial charge on any atom is -0.463 e. The molecule has 2 heterocycles. The summed E-state index contributed by atoms with van der Waals surface area (Å²) in [6.45, 7) is 11.0. The third-order valence-electron chi connectivity index (χ3n) is 5.61. The molecular weight excluding hydrogens is 503 g/mol. The lowest BCUT2D eigenvalue weighted by molar-refractivity contribution is -0.150. The number of rotatable bonds is 14. The number of carbonyl (C=O) groups is 2. The van der Waals surface area contributed by atoms with Gasteiger partial charge in [0.25, 0.3) is 14.1 Å². The molecule has 1 fully saturated rings. The lowest BCUT2D eigenvalue weighted by Gasteiger charge is -2.37. The van der Waals surface area contributed by atoms with E-state index in [4.69, 9.17) is 23.8 Å². The second kappa shape index (κ2) is 14.5. The first-order valence-corrected chi connectivity index (χ1v) is 13.4. The predicted molar refractivity (Wildman–Crippen MR) is 136 cm³/mol. The van der Waals surface area contributed by atoms with Gasteiger partial charge in [0.2, 0.25) is 0 Å². The molecule has 1 aromatic rings. The van der Waals surface area contributed by atoms with Gasteiger partial charge in [-0.05, 0) is 41.5 Å². The highest BCUT2D eigenvalue weighted by Crippen LogP contribution is 2.49. The zero-order chi connectivity index (χ0) is 27.7. The van der Waals surface area contributed by atoms with Crippen molar-refractivity contribution in [1.29, 1.82) is 5.26 Å². The van der Waals surface area contributed by atoms with Crippen molar-refractivity contribution < 1.29 is 28.1 Å². The number of nitrogens with zero attached hydrogens (tertiary/aromatic N) is 3. The average Bonchev–Trinajstić information content (AvgIpc) is 3.20. The number of carbonyl (C=O) groups excluding carboxylic acids is 2. The number of hydrogen-bond donors (Lipinski definition) is 1. The normalized spacial score (nSPS) is 20.4. The molecule has 13 heteroatoms. The van der Waals surface area contributed by atoms with Crippen molar-refractivity contribution in [3.8, 4) is 6.07 Å². The highest BCUT2D eigenvalue weighted by atomic mass is 31.2. The van der Waals surface area contributed by atoms with E-state index in [0.717, 1.165) is 0 Å². The van der Waals surface area contributed by atoms with Crippen molar-refractivity contribution in [1.82, 2.24) is 14.2 Å². The number of ether oxygens (including phenoxy) is 2. The Kier molecular flexibility index (Phi) is 12.1. The van der Waals surface area contributed by atoms with Gasteiger partial charge in [0.1, 0.15) is 24.7 Å². The van der Waals surface area contributed by atoms with Gasteiger partial charge in [-0.1, -0.05) is 0 Å². The van der Waals surface area contributed by atoms with Crippen LogP contribution in [-0.4, -0.2) is 63.5 Å². The van der Waals surface area contributed by atoms with Crippen molar-refractivity contribution in [2.75, 3.05) is 13.2 Å². The van der Waals surface area contributed by atoms with Gasteiger partial charge in [-0.2, -0.15) is 5.26 Å². The van der Waals surface area contributed by atoms with Crippen molar-refractivity contribution in [3.05, 3.63) is 32.6 Å². The molecule has 12 nitrogen and oxygen atoms in total. The molecule has 0 spiro atoms. The second-order valence-corrected chi connectivity index (χ2v) is 10.8. The monoisotopic (exact) mass is 540 g/mol. The van der Waals surface area contributed by atoms with Crippen molar-refractivity contribution >= 4 is 20.3 Å². The Morgan fingerprint density at radius 1 is 1.27 bits per heavy atom. The SMILES string of the molecule is CC(=O)CCC(=O)OC[C@H]1O[C@@H](n2cc(C)c(=O)[nH]c2=O)C[C@@H]1OP(OCCC#N)N(C(C)C)C(C)C. The van der Waals surface area contributed by atoms with Crippen molar-refractivity contribution in [3.63, 3.8) is 0 Å². The van der Waals surface area contributed by atoms with Gasteiger partial charge in [-0.15, -0.1) is 0 Å². The van der Waals surface area contributed by atoms with Crippen LogP contribution in [0.15, 0.2) is 15.8 Å². The fourth-order valence-electron chi connectivity index (χ4n) is 3.87. The summed E-state index contributed by atoms with van der Waals surface area (Å²) in [5.74, 6) is -0.664. The lowest BCUT2D eigenvalue weighted by Crippen LogP contribution is -2.36. The van der Waals surface area contributed by atoms with Crippen LogP contribution in [0, 0.1) is 18.3 Å². The zero-order valence-electron chi connectivity index (χ0n) is 22.3.